The molecule has 0 aromatic carbocycles. The maximum absolute atomic E-state index is 12.5. The summed E-state index contributed by atoms with van der Waals surface area (Å²) in [6.45, 7) is 6.62. The molecular weight excluding hydrogens is 354 g/mol. The largest absolute Gasteiger partial charge is 0.464 e. The second kappa shape index (κ2) is 12.1. The highest BCUT2D eigenvalue weighted by molar-refractivity contribution is 5.95. The molecule has 4 atom stereocenters. The molecule has 27 heavy (non-hydrogen) atoms. The van der Waals surface area contributed by atoms with Crippen molar-refractivity contribution in [3.05, 3.63) is 10.4 Å². The first-order chi connectivity index (χ1) is 13.0. The van der Waals surface area contributed by atoms with E-state index >= 15 is 0 Å². The molecule has 1 saturated heterocycles. The number of esters is 1. The standard InChI is InChI=1S/C17H29N5O5/c1-4-11(3)12(15(23)19-9-7-6-8-10-20-22-18)21-16(24)13-14(27-13)17(25)26-5-2/h11-14H,4-10H2,1-3H3,(H,19,23)(H,21,24)/t11-,12-,13-,14-/m0/s1. The van der Waals surface area contributed by atoms with Gasteiger partial charge >= 0.3 is 5.97 Å². The monoisotopic (exact) mass is 383 g/mol. The Bertz CT molecular complexity index is 564. The SMILES string of the molecule is CCOC(=O)[C@H]1O[C@@H]1C(=O)N[C@H](C(=O)NCCCCCN=[N+]=[N-])[C@@H](C)CC. The molecule has 0 aromatic rings. The van der Waals surface area contributed by atoms with E-state index in [4.69, 9.17) is 15.0 Å². The normalized spacial score (nSPS) is 20.0. The van der Waals surface area contributed by atoms with Crippen molar-refractivity contribution < 1.29 is 23.9 Å². The van der Waals surface area contributed by atoms with E-state index in [9.17, 15) is 14.4 Å². The number of ether oxygens (including phenoxy) is 2. The summed E-state index contributed by atoms with van der Waals surface area (Å²) in [5.41, 5.74) is 8.20. The van der Waals surface area contributed by atoms with E-state index in [2.05, 4.69) is 20.7 Å². The average Bonchev–Trinajstić information content (AvgIpc) is 3.45. The molecule has 0 radical (unpaired) electrons. The fourth-order valence-corrected chi connectivity index (χ4v) is 2.50. The highest BCUT2D eigenvalue weighted by atomic mass is 16.6. The molecule has 10 heteroatoms. The summed E-state index contributed by atoms with van der Waals surface area (Å²) >= 11 is 0. The van der Waals surface area contributed by atoms with Crippen LogP contribution in [-0.4, -0.2) is 55.7 Å². The summed E-state index contributed by atoms with van der Waals surface area (Å²) in [4.78, 5) is 39.0. The smallest absolute Gasteiger partial charge is 0.338 e. The minimum Gasteiger partial charge on any atom is -0.464 e. The minimum atomic E-state index is -0.899. The third kappa shape index (κ3) is 7.84. The molecule has 0 saturated carbocycles. The lowest BCUT2D eigenvalue weighted by atomic mass is 9.98. The van der Waals surface area contributed by atoms with E-state index in [0.717, 1.165) is 19.3 Å². The van der Waals surface area contributed by atoms with Gasteiger partial charge in [0.25, 0.3) is 5.91 Å². The second-order valence-electron chi connectivity index (χ2n) is 6.41. The first-order valence-electron chi connectivity index (χ1n) is 9.37. The summed E-state index contributed by atoms with van der Waals surface area (Å²) in [6, 6.07) is -0.697. The predicted octanol–water partition coefficient (Wildman–Crippen LogP) is 1.44. The molecule has 0 spiro atoms. The third-order valence-corrected chi connectivity index (χ3v) is 4.36. The van der Waals surface area contributed by atoms with Gasteiger partial charge in [-0.25, -0.2) is 4.79 Å². The molecule has 152 valence electrons. The van der Waals surface area contributed by atoms with Crippen molar-refractivity contribution in [2.45, 2.75) is 64.7 Å². The van der Waals surface area contributed by atoms with Crippen LogP contribution < -0.4 is 10.6 Å². The Morgan fingerprint density at radius 3 is 2.59 bits per heavy atom. The molecule has 1 aliphatic heterocycles. The molecule has 1 rings (SSSR count). The van der Waals surface area contributed by atoms with Crippen molar-refractivity contribution in [2.24, 2.45) is 11.0 Å². The number of carbonyl (C=O) groups excluding carboxylic acids is 3. The molecule has 1 heterocycles. The second-order valence-corrected chi connectivity index (χ2v) is 6.41. The number of epoxide rings is 1. The maximum atomic E-state index is 12.5. The van der Waals surface area contributed by atoms with E-state index in [-0.39, 0.29) is 18.4 Å². The molecule has 1 fully saturated rings. The highest BCUT2D eigenvalue weighted by Crippen LogP contribution is 2.24. The zero-order chi connectivity index (χ0) is 20.2. The van der Waals surface area contributed by atoms with Gasteiger partial charge in [-0.15, -0.1) is 0 Å². The van der Waals surface area contributed by atoms with Crippen molar-refractivity contribution in [1.82, 2.24) is 10.6 Å². The van der Waals surface area contributed by atoms with Gasteiger partial charge in [0, 0.05) is 18.0 Å². The van der Waals surface area contributed by atoms with Crippen LogP contribution in [0, 0.1) is 5.92 Å². The van der Waals surface area contributed by atoms with Crippen LogP contribution in [0.5, 0.6) is 0 Å². The van der Waals surface area contributed by atoms with E-state index in [0.29, 0.717) is 19.5 Å². The van der Waals surface area contributed by atoms with E-state index in [1.165, 1.54) is 0 Å². The van der Waals surface area contributed by atoms with Crippen LogP contribution in [0.25, 0.3) is 10.4 Å². The van der Waals surface area contributed by atoms with Crippen molar-refractivity contribution >= 4 is 17.8 Å². The van der Waals surface area contributed by atoms with Gasteiger partial charge < -0.3 is 20.1 Å². The van der Waals surface area contributed by atoms with Crippen LogP contribution in [0.3, 0.4) is 0 Å². The first kappa shape index (κ1) is 22.7. The molecule has 0 bridgehead atoms. The summed E-state index contributed by atoms with van der Waals surface area (Å²) in [6.07, 6.45) is 1.27. The zero-order valence-electron chi connectivity index (χ0n) is 16.1. The van der Waals surface area contributed by atoms with E-state index in [1.54, 1.807) is 6.92 Å². The fourth-order valence-electron chi connectivity index (χ4n) is 2.50. The van der Waals surface area contributed by atoms with Crippen molar-refractivity contribution in [2.75, 3.05) is 19.7 Å². The topological polar surface area (TPSA) is 146 Å². The van der Waals surface area contributed by atoms with E-state index in [1.807, 2.05) is 13.8 Å². The Labute approximate surface area is 159 Å². The van der Waals surface area contributed by atoms with Crippen molar-refractivity contribution in [3.63, 3.8) is 0 Å². The van der Waals surface area contributed by atoms with Crippen LogP contribution in [0.15, 0.2) is 5.11 Å². The number of carbonyl (C=O) groups is 3. The molecule has 2 amide bonds. The molecule has 0 unspecified atom stereocenters. The Morgan fingerprint density at radius 2 is 1.96 bits per heavy atom. The van der Waals surface area contributed by atoms with Gasteiger partial charge in [0.05, 0.1) is 6.61 Å². The fraction of sp³-hybridized carbons (Fsp3) is 0.824. The summed E-state index contributed by atoms with van der Waals surface area (Å²) < 4.78 is 9.90. The Kier molecular flexibility index (Phi) is 10.2. The molecule has 10 nitrogen and oxygen atoms in total. The lowest BCUT2D eigenvalue weighted by Crippen LogP contribution is -2.51. The Morgan fingerprint density at radius 1 is 1.22 bits per heavy atom. The molecule has 0 aliphatic carbocycles. The first-order valence-corrected chi connectivity index (χ1v) is 9.37. The number of nitrogens with zero attached hydrogens (tertiary/aromatic N) is 3. The summed E-state index contributed by atoms with van der Waals surface area (Å²) in [7, 11) is 0. The maximum Gasteiger partial charge on any atom is 0.338 e. The zero-order valence-corrected chi connectivity index (χ0v) is 16.1. The highest BCUT2D eigenvalue weighted by Gasteiger charge is 2.52. The number of hydrogen-bond donors (Lipinski definition) is 2. The quantitative estimate of drug-likeness (QED) is 0.123. The van der Waals surface area contributed by atoms with Gasteiger partial charge in [0.15, 0.2) is 12.2 Å². The number of amides is 2. The van der Waals surface area contributed by atoms with Gasteiger partial charge in [0.1, 0.15) is 6.04 Å². The number of rotatable bonds is 13. The van der Waals surface area contributed by atoms with Crippen LogP contribution >= 0.6 is 0 Å². The molecule has 2 N–H and O–H groups in total. The number of hydrogen-bond acceptors (Lipinski definition) is 6. The van der Waals surface area contributed by atoms with Gasteiger partial charge in [-0.05, 0) is 31.2 Å². The van der Waals surface area contributed by atoms with Crippen molar-refractivity contribution in [1.29, 1.82) is 0 Å². The van der Waals surface area contributed by atoms with Gasteiger partial charge in [-0.3, -0.25) is 9.59 Å². The lowest BCUT2D eigenvalue weighted by molar-refractivity contribution is -0.144. The van der Waals surface area contributed by atoms with Crippen LogP contribution in [0.2, 0.25) is 0 Å². The molecular formula is C17H29N5O5. The molecule has 1 aliphatic rings. The molecule has 0 aromatic heterocycles. The lowest BCUT2D eigenvalue weighted by Gasteiger charge is -2.23. The number of azide groups is 1. The average molecular weight is 383 g/mol. The van der Waals surface area contributed by atoms with Crippen LogP contribution in [-0.2, 0) is 23.9 Å². The Hall–Kier alpha value is -2.32. The van der Waals surface area contributed by atoms with Gasteiger partial charge in [-0.2, -0.15) is 0 Å². The number of unbranched alkanes of at least 4 members (excludes halogenated alkanes) is 2. The summed E-state index contributed by atoms with van der Waals surface area (Å²) in [5.74, 6) is -1.38. The van der Waals surface area contributed by atoms with Crippen molar-refractivity contribution in [3.8, 4) is 0 Å². The third-order valence-electron chi connectivity index (χ3n) is 4.36. The Balaban J connectivity index is 2.43. The van der Waals surface area contributed by atoms with Gasteiger partial charge in [0.2, 0.25) is 5.91 Å². The minimum absolute atomic E-state index is 0.0706. The predicted molar refractivity (Wildman–Crippen MR) is 97.6 cm³/mol. The van der Waals surface area contributed by atoms with Gasteiger partial charge in [-0.1, -0.05) is 31.8 Å². The van der Waals surface area contributed by atoms with Crippen LogP contribution in [0.4, 0.5) is 0 Å². The number of nitrogens with one attached hydrogen (secondary N) is 2. The van der Waals surface area contributed by atoms with Crippen LogP contribution in [0.1, 0.15) is 46.5 Å². The summed E-state index contributed by atoms with van der Waals surface area (Å²) in [5, 5.41) is 8.96. The van der Waals surface area contributed by atoms with E-state index < -0.39 is 30.1 Å².